The summed E-state index contributed by atoms with van der Waals surface area (Å²) in [5.41, 5.74) is 0. The summed E-state index contributed by atoms with van der Waals surface area (Å²) in [6, 6.07) is 17.5. The van der Waals surface area contributed by atoms with Crippen LogP contribution in [0.4, 0.5) is 0 Å². The van der Waals surface area contributed by atoms with E-state index in [1.54, 1.807) is 0 Å². The van der Waals surface area contributed by atoms with Crippen LogP contribution in [0.3, 0.4) is 0 Å². The molecular weight excluding hydrogens is 352 g/mol. The predicted octanol–water partition coefficient (Wildman–Crippen LogP) is 3.20. The molecule has 0 bridgehead atoms. The zero-order chi connectivity index (χ0) is 17.2. The Kier molecular flexibility index (Phi) is 9.28. The van der Waals surface area contributed by atoms with Gasteiger partial charge in [-0.05, 0) is 24.3 Å². The van der Waals surface area contributed by atoms with Gasteiger partial charge in [0.25, 0.3) is 0 Å². The monoisotopic (exact) mass is 378 g/mol. The molecule has 0 radical (unpaired) electrons. The molecule has 0 amide bonds. The van der Waals surface area contributed by atoms with E-state index < -0.39 is 0 Å². The van der Waals surface area contributed by atoms with Crippen LogP contribution in [0.1, 0.15) is 0 Å². The molecule has 1 aliphatic rings. The lowest BCUT2D eigenvalue weighted by Crippen LogP contribution is -2.40. The van der Waals surface area contributed by atoms with Crippen molar-refractivity contribution in [3.63, 3.8) is 0 Å². The Labute approximate surface area is 161 Å². The molecule has 0 unspecified atom stereocenters. The summed E-state index contributed by atoms with van der Waals surface area (Å²) in [6.07, 6.45) is 0. The smallest absolute Gasteiger partial charge is 0.131 e. The van der Waals surface area contributed by atoms with Crippen molar-refractivity contribution in [1.82, 2.24) is 10.2 Å². The third kappa shape index (κ3) is 7.22. The molecule has 1 saturated heterocycles. The van der Waals surface area contributed by atoms with Crippen molar-refractivity contribution in [3.05, 3.63) is 54.6 Å². The van der Waals surface area contributed by atoms with Gasteiger partial charge in [-0.15, -0.1) is 12.4 Å². The van der Waals surface area contributed by atoms with Gasteiger partial charge in [0.05, 0.1) is 13.2 Å². The largest absolute Gasteiger partial charge is 0.492 e. The molecule has 2 aromatic carbocycles. The maximum absolute atomic E-state index is 5.82. The maximum Gasteiger partial charge on any atom is 0.131 e. The van der Waals surface area contributed by atoms with Crippen molar-refractivity contribution in [2.45, 2.75) is 0 Å². The molecule has 6 heteroatoms. The van der Waals surface area contributed by atoms with E-state index in [9.17, 15) is 0 Å². The van der Waals surface area contributed by atoms with Gasteiger partial charge in [0.2, 0.25) is 0 Å². The van der Waals surface area contributed by atoms with Gasteiger partial charge in [0.1, 0.15) is 23.9 Å². The first kappa shape index (κ1) is 20.5. The first-order chi connectivity index (χ1) is 12.4. The summed E-state index contributed by atoms with van der Waals surface area (Å²) in [7, 11) is 0. The predicted molar refractivity (Wildman–Crippen MR) is 106 cm³/mol. The average molecular weight is 379 g/mol. The Bertz CT molecular complexity index is 621. The fourth-order valence-electron chi connectivity index (χ4n) is 2.68. The number of hydrogen-bond acceptors (Lipinski definition) is 5. The van der Waals surface area contributed by atoms with Gasteiger partial charge >= 0.3 is 0 Å². The number of para-hydroxylation sites is 1. The molecule has 0 aromatic heterocycles. The van der Waals surface area contributed by atoms with Crippen LogP contribution in [0.2, 0.25) is 0 Å². The van der Waals surface area contributed by atoms with Crippen molar-refractivity contribution >= 4 is 12.4 Å². The molecule has 26 heavy (non-hydrogen) atoms. The van der Waals surface area contributed by atoms with Crippen molar-refractivity contribution in [3.8, 4) is 17.2 Å². The molecule has 1 fully saturated rings. The number of rotatable bonds is 9. The maximum atomic E-state index is 5.82. The summed E-state index contributed by atoms with van der Waals surface area (Å²) in [6.45, 7) is 7.27. The number of hydrogen-bond donors (Lipinski definition) is 1. The zero-order valence-electron chi connectivity index (χ0n) is 14.9. The first-order valence-electron chi connectivity index (χ1n) is 8.87. The molecule has 0 aliphatic carbocycles. The van der Waals surface area contributed by atoms with Crippen molar-refractivity contribution in [2.75, 3.05) is 52.5 Å². The van der Waals surface area contributed by atoms with Crippen LogP contribution in [0.5, 0.6) is 17.2 Å². The third-order valence-corrected chi connectivity index (χ3v) is 4.04. The SMILES string of the molecule is Cl.c1ccc(Oc2cccc(OCCNCCN3CCOCC3)c2)cc1. The van der Waals surface area contributed by atoms with Gasteiger partial charge < -0.3 is 19.5 Å². The highest BCUT2D eigenvalue weighted by molar-refractivity contribution is 5.85. The second-order valence-electron chi connectivity index (χ2n) is 5.94. The third-order valence-electron chi connectivity index (χ3n) is 4.04. The van der Waals surface area contributed by atoms with Gasteiger partial charge in [0.15, 0.2) is 0 Å². The van der Waals surface area contributed by atoms with Gasteiger partial charge in [-0.1, -0.05) is 24.3 Å². The molecule has 1 N–H and O–H groups in total. The second-order valence-corrected chi connectivity index (χ2v) is 5.94. The molecule has 0 atom stereocenters. The van der Waals surface area contributed by atoms with Crippen LogP contribution < -0.4 is 14.8 Å². The van der Waals surface area contributed by atoms with Crippen molar-refractivity contribution < 1.29 is 14.2 Å². The number of benzene rings is 2. The van der Waals surface area contributed by atoms with Crippen LogP contribution in [-0.4, -0.2) is 57.4 Å². The summed E-state index contributed by atoms with van der Waals surface area (Å²) in [4.78, 5) is 2.42. The Morgan fingerprint density at radius 3 is 2.42 bits per heavy atom. The normalized spacial score (nSPS) is 14.5. The molecular formula is C20H27ClN2O3. The molecule has 0 spiro atoms. The Hall–Kier alpha value is -1.79. The standard InChI is InChI=1S/C20H26N2O3.ClH/c1-2-5-18(6-3-1)25-20-8-4-7-19(17-20)24-14-10-21-9-11-22-12-15-23-16-13-22;/h1-8,17,21H,9-16H2;1H. The molecule has 2 aromatic rings. The van der Waals surface area contributed by atoms with Crippen LogP contribution in [-0.2, 0) is 4.74 Å². The summed E-state index contributed by atoms with van der Waals surface area (Å²) < 4.78 is 17.0. The lowest BCUT2D eigenvalue weighted by Gasteiger charge is -2.26. The highest BCUT2D eigenvalue weighted by Gasteiger charge is 2.08. The van der Waals surface area contributed by atoms with E-state index in [1.165, 1.54) is 0 Å². The fourth-order valence-corrected chi connectivity index (χ4v) is 2.68. The van der Waals surface area contributed by atoms with Crippen molar-refractivity contribution in [2.24, 2.45) is 0 Å². The summed E-state index contributed by atoms with van der Waals surface area (Å²) in [5, 5.41) is 3.42. The summed E-state index contributed by atoms with van der Waals surface area (Å²) >= 11 is 0. The molecule has 0 saturated carbocycles. The minimum atomic E-state index is 0. The van der Waals surface area contributed by atoms with E-state index in [2.05, 4.69) is 10.2 Å². The molecule has 3 rings (SSSR count). The molecule has 5 nitrogen and oxygen atoms in total. The average Bonchev–Trinajstić information content (AvgIpc) is 2.66. The zero-order valence-corrected chi connectivity index (χ0v) is 15.7. The van der Waals surface area contributed by atoms with Crippen LogP contribution in [0.25, 0.3) is 0 Å². The van der Waals surface area contributed by atoms with Crippen LogP contribution in [0, 0.1) is 0 Å². The number of nitrogens with zero attached hydrogens (tertiary/aromatic N) is 1. The summed E-state index contributed by atoms with van der Waals surface area (Å²) in [5.74, 6) is 2.43. The van der Waals surface area contributed by atoms with E-state index in [1.807, 2.05) is 54.6 Å². The van der Waals surface area contributed by atoms with Crippen LogP contribution in [0.15, 0.2) is 54.6 Å². The topological polar surface area (TPSA) is 43.0 Å². The quantitative estimate of drug-likeness (QED) is 0.679. The Morgan fingerprint density at radius 1 is 0.885 bits per heavy atom. The van der Waals surface area contributed by atoms with E-state index in [4.69, 9.17) is 14.2 Å². The van der Waals surface area contributed by atoms with Gasteiger partial charge in [-0.3, -0.25) is 4.90 Å². The number of morpholine rings is 1. The van der Waals surface area contributed by atoms with Gasteiger partial charge in [0, 0.05) is 38.8 Å². The second kappa shape index (κ2) is 11.8. The van der Waals surface area contributed by atoms with E-state index in [-0.39, 0.29) is 12.4 Å². The van der Waals surface area contributed by atoms with Crippen molar-refractivity contribution in [1.29, 1.82) is 0 Å². The molecule has 1 aliphatic heterocycles. The van der Waals surface area contributed by atoms with Crippen LogP contribution >= 0.6 is 12.4 Å². The Balaban J connectivity index is 0.00000243. The first-order valence-corrected chi connectivity index (χ1v) is 8.87. The number of halogens is 1. The molecule has 1 heterocycles. The Morgan fingerprint density at radius 2 is 1.62 bits per heavy atom. The van der Waals surface area contributed by atoms with Gasteiger partial charge in [-0.2, -0.15) is 0 Å². The molecule has 142 valence electrons. The van der Waals surface area contributed by atoms with E-state index >= 15 is 0 Å². The number of ether oxygens (including phenoxy) is 3. The lowest BCUT2D eigenvalue weighted by molar-refractivity contribution is 0.0383. The minimum absolute atomic E-state index is 0. The lowest BCUT2D eigenvalue weighted by atomic mass is 10.3. The van der Waals surface area contributed by atoms with E-state index in [0.717, 1.165) is 63.2 Å². The fraction of sp³-hybridized carbons (Fsp3) is 0.400. The minimum Gasteiger partial charge on any atom is -0.492 e. The highest BCUT2D eigenvalue weighted by atomic mass is 35.5. The van der Waals surface area contributed by atoms with Gasteiger partial charge in [-0.25, -0.2) is 0 Å². The number of nitrogens with one attached hydrogen (secondary N) is 1. The van der Waals surface area contributed by atoms with E-state index in [0.29, 0.717) is 6.61 Å². The highest BCUT2D eigenvalue weighted by Crippen LogP contribution is 2.24.